The number of pyridine rings is 1. The van der Waals surface area contributed by atoms with Gasteiger partial charge in [0.2, 0.25) is 17.2 Å². The molecule has 0 radical (unpaired) electrons. The van der Waals surface area contributed by atoms with Crippen LogP contribution in [0.5, 0.6) is 28.7 Å². The Hall–Kier alpha value is -5.05. The average molecular weight is 601 g/mol. The molecular weight excluding hydrogens is 566 g/mol. The number of anilines is 1. The third-order valence-corrected chi connectivity index (χ3v) is 7.16. The van der Waals surface area contributed by atoms with E-state index in [4.69, 9.17) is 23.7 Å². The van der Waals surface area contributed by atoms with Crippen molar-refractivity contribution < 1.29 is 32.5 Å². The number of nitrogens with one attached hydrogen (secondary N) is 1. The third kappa shape index (κ3) is 6.62. The van der Waals surface area contributed by atoms with Gasteiger partial charge in [0.15, 0.2) is 23.1 Å². The van der Waals surface area contributed by atoms with Crippen molar-refractivity contribution in [3.8, 4) is 28.7 Å². The van der Waals surface area contributed by atoms with E-state index in [1.807, 2.05) is 79.7 Å². The molecule has 7 nitrogen and oxygen atoms in total. The van der Waals surface area contributed by atoms with Gasteiger partial charge in [0.25, 0.3) is 0 Å². The lowest BCUT2D eigenvalue weighted by atomic mass is 10.1. The lowest BCUT2D eigenvalue weighted by Gasteiger charge is -2.18. The molecule has 9 heteroatoms. The first kappa shape index (κ1) is 30.4. The number of benzene rings is 4. The van der Waals surface area contributed by atoms with Crippen LogP contribution in [0.25, 0.3) is 10.8 Å². The number of hydrogen-bond acceptors (Lipinski definition) is 7. The van der Waals surface area contributed by atoms with Gasteiger partial charge in [-0.1, -0.05) is 60.7 Å². The fraction of sp³-hybridized carbons (Fsp3) is 0.229. The van der Waals surface area contributed by atoms with E-state index in [2.05, 4.69) is 10.3 Å². The first-order valence-electron chi connectivity index (χ1n) is 14.1. The van der Waals surface area contributed by atoms with Crippen LogP contribution in [0.3, 0.4) is 0 Å². The molecule has 0 unspecified atom stereocenters. The number of aryl methyl sites for hydroxylation is 1. The molecule has 44 heavy (non-hydrogen) atoms. The predicted molar refractivity (Wildman–Crippen MR) is 166 cm³/mol. The highest BCUT2D eigenvalue weighted by molar-refractivity contribution is 5.96. The summed E-state index contributed by atoms with van der Waals surface area (Å²) in [6, 6.07) is 23.4. The molecule has 0 fully saturated rings. The highest BCUT2D eigenvalue weighted by Gasteiger charge is 2.23. The van der Waals surface area contributed by atoms with Crippen molar-refractivity contribution in [1.82, 2.24) is 4.98 Å². The molecule has 0 aliphatic rings. The van der Waals surface area contributed by atoms with Crippen LogP contribution in [-0.4, -0.2) is 32.9 Å². The summed E-state index contributed by atoms with van der Waals surface area (Å²) in [4.78, 5) is 4.66. The Morgan fingerprint density at radius 1 is 0.705 bits per heavy atom. The SMILES string of the molecule is COc1cc2cc(NCCc3cc(F)c(OCc4ccccc4)c(OCc4ccccc4)c3F)nc(C)c2c(OC)c1OC. The summed E-state index contributed by atoms with van der Waals surface area (Å²) >= 11 is 0. The molecule has 0 saturated heterocycles. The van der Waals surface area contributed by atoms with Crippen LogP contribution in [0.2, 0.25) is 0 Å². The maximum Gasteiger partial charge on any atom is 0.204 e. The monoisotopic (exact) mass is 600 g/mol. The molecule has 0 bridgehead atoms. The van der Waals surface area contributed by atoms with Crippen LogP contribution in [0.15, 0.2) is 78.9 Å². The molecule has 228 valence electrons. The molecule has 5 rings (SSSR count). The van der Waals surface area contributed by atoms with E-state index in [-0.39, 0.29) is 43.2 Å². The zero-order valence-corrected chi connectivity index (χ0v) is 25.1. The van der Waals surface area contributed by atoms with Crippen LogP contribution >= 0.6 is 0 Å². The van der Waals surface area contributed by atoms with Gasteiger partial charge in [0, 0.05) is 11.9 Å². The average Bonchev–Trinajstić information content (AvgIpc) is 3.04. The minimum absolute atomic E-state index is 0.0542. The van der Waals surface area contributed by atoms with E-state index in [0.717, 1.165) is 28.0 Å². The summed E-state index contributed by atoms with van der Waals surface area (Å²) < 4.78 is 59.6. The zero-order chi connectivity index (χ0) is 31.1. The molecule has 5 aromatic rings. The number of fused-ring (bicyclic) bond motifs is 1. The van der Waals surface area contributed by atoms with E-state index in [9.17, 15) is 0 Å². The summed E-state index contributed by atoms with van der Waals surface area (Å²) in [5.41, 5.74) is 2.49. The molecule has 1 N–H and O–H groups in total. The first-order valence-corrected chi connectivity index (χ1v) is 14.1. The lowest BCUT2D eigenvalue weighted by molar-refractivity contribution is 0.235. The Kier molecular flexibility index (Phi) is 9.64. The quantitative estimate of drug-likeness (QED) is 0.149. The van der Waals surface area contributed by atoms with E-state index in [1.165, 1.54) is 0 Å². The van der Waals surface area contributed by atoms with Gasteiger partial charge in [-0.25, -0.2) is 13.8 Å². The molecule has 0 aliphatic heterocycles. The van der Waals surface area contributed by atoms with Crippen molar-refractivity contribution in [2.45, 2.75) is 26.6 Å². The standard InChI is InChI=1S/C35H34F2N2O5/c1-22-30-26(18-28(40-2)33(41-3)34(30)42-4)19-29(39-22)38-16-15-25-17-27(36)32(43-20-23-11-7-5-8-12-23)35(31(25)37)44-21-24-13-9-6-10-14-24/h5-14,17-19H,15-16,20-21H2,1-4H3,(H,38,39). The highest BCUT2D eigenvalue weighted by atomic mass is 19.1. The molecule has 0 saturated carbocycles. The predicted octanol–water partition coefficient (Wildman–Crippen LogP) is 7.66. The molecule has 4 aromatic carbocycles. The van der Waals surface area contributed by atoms with Gasteiger partial charge >= 0.3 is 0 Å². The fourth-order valence-corrected chi connectivity index (χ4v) is 5.03. The van der Waals surface area contributed by atoms with Crippen molar-refractivity contribution in [1.29, 1.82) is 0 Å². The number of ether oxygens (including phenoxy) is 5. The largest absolute Gasteiger partial charge is 0.493 e. The summed E-state index contributed by atoms with van der Waals surface area (Å²) in [5, 5.41) is 4.84. The van der Waals surface area contributed by atoms with Gasteiger partial charge in [0.1, 0.15) is 19.0 Å². The topological polar surface area (TPSA) is 71.1 Å². The normalized spacial score (nSPS) is 10.9. The van der Waals surface area contributed by atoms with Crippen LogP contribution in [0.1, 0.15) is 22.4 Å². The van der Waals surface area contributed by atoms with Gasteiger partial charge in [-0.2, -0.15) is 0 Å². The minimum Gasteiger partial charge on any atom is -0.493 e. The Morgan fingerprint density at radius 2 is 1.32 bits per heavy atom. The smallest absolute Gasteiger partial charge is 0.204 e. The summed E-state index contributed by atoms with van der Waals surface area (Å²) in [6.45, 7) is 2.26. The molecule has 0 amide bonds. The van der Waals surface area contributed by atoms with Gasteiger partial charge in [-0.3, -0.25) is 0 Å². The molecule has 1 aromatic heterocycles. The molecular formula is C35H34F2N2O5. The fourth-order valence-electron chi connectivity index (χ4n) is 5.03. The van der Waals surface area contributed by atoms with Crippen LogP contribution < -0.4 is 29.0 Å². The van der Waals surface area contributed by atoms with Crippen molar-refractivity contribution in [2.75, 3.05) is 33.2 Å². The van der Waals surface area contributed by atoms with Crippen LogP contribution in [-0.2, 0) is 19.6 Å². The Morgan fingerprint density at radius 3 is 1.91 bits per heavy atom. The number of nitrogens with zero attached hydrogens (tertiary/aromatic N) is 1. The van der Waals surface area contributed by atoms with E-state index in [0.29, 0.717) is 28.8 Å². The molecule has 1 heterocycles. The lowest BCUT2D eigenvalue weighted by Crippen LogP contribution is -2.11. The molecule has 0 aliphatic carbocycles. The van der Waals surface area contributed by atoms with Crippen molar-refractivity contribution >= 4 is 16.6 Å². The maximum absolute atomic E-state index is 15.9. The summed E-state index contributed by atoms with van der Waals surface area (Å²) in [7, 11) is 4.67. The molecule has 0 atom stereocenters. The minimum atomic E-state index is -0.701. The Balaban J connectivity index is 1.38. The second-order valence-corrected chi connectivity index (χ2v) is 10.1. The summed E-state index contributed by atoms with van der Waals surface area (Å²) in [5.74, 6) is 0.194. The highest BCUT2D eigenvalue weighted by Crippen LogP contribution is 2.44. The third-order valence-electron chi connectivity index (χ3n) is 7.16. The van der Waals surface area contributed by atoms with Gasteiger partial charge in [-0.05, 0) is 53.6 Å². The number of hydrogen-bond donors (Lipinski definition) is 1. The van der Waals surface area contributed by atoms with E-state index in [1.54, 1.807) is 21.3 Å². The number of methoxy groups -OCH3 is 3. The number of aromatic nitrogens is 1. The maximum atomic E-state index is 15.9. The van der Waals surface area contributed by atoms with E-state index >= 15 is 8.78 Å². The van der Waals surface area contributed by atoms with Crippen molar-refractivity contribution in [2.24, 2.45) is 0 Å². The van der Waals surface area contributed by atoms with E-state index < -0.39 is 11.6 Å². The van der Waals surface area contributed by atoms with Gasteiger partial charge in [0.05, 0.1) is 27.0 Å². The van der Waals surface area contributed by atoms with Gasteiger partial charge < -0.3 is 29.0 Å². The first-order chi connectivity index (χ1) is 21.4. The van der Waals surface area contributed by atoms with Crippen molar-refractivity contribution in [3.05, 3.63) is 113 Å². The number of rotatable bonds is 13. The number of halogens is 2. The van der Waals surface area contributed by atoms with Crippen LogP contribution in [0, 0.1) is 18.6 Å². The van der Waals surface area contributed by atoms with Crippen molar-refractivity contribution in [3.63, 3.8) is 0 Å². The summed E-state index contributed by atoms with van der Waals surface area (Å²) in [6.07, 6.45) is 0.164. The van der Waals surface area contributed by atoms with Gasteiger partial charge in [-0.15, -0.1) is 0 Å². The Labute approximate surface area is 255 Å². The Bertz CT molecular complexity index is 1730. The second kappa shape index (κ2) is 13.9. The zero-order valence-electron chi connectivity index (χ0n) is 25.1. The van der Waals surface area contributed by atoms with Crippen LogP contribution in [0.4, 0.5) is 14.6 Å². The second-order valence-electron chi connectivity index (χ2n) is 10.1. The molecule has 0 spiro atoms.